The first-order valence-corrected chi connectivity index (χ1v) is 8.51. The third kappa shape index (κ3) is 4.09. The summed E-state index contributed by atoms with van der Waals surface area (Å²) in [5.41, 5.74) is 1.87. The summed E-state index contributed by atoms with van der Waals surface area (Å²) in [6.45, 7) is 5.13. The molecule has 24 heavy (non-hydrogen) atoms. The van der Waals surface area contributed by atoms with Crippen LogP contribution in [0.4, 0.5) is 5.95 Å². The van der Waals surface area contributed by atoms with Crippen LogP contribution >= 0.6 is 0 Å². The number of nitrogens with zero attached hydrogens (tertiary/aromatic N) is 4. The topological polar surface area (TPSA) is 64.8 Å². The molecule has 0 unspecified atom stereocenters. The molecule has 1 saturated heterocycles. The number of hydrogen-bond acceptors (Lipinski definition) is 5. The van der Waals surface area contributed by atoms with Gasteiger partial charge in [-0.25, -0.2) is 9.97 Å². The van der Waals surface area contributed by atoms with Gasteiger partial charge in [0.1, 0.15) is 0 Å². The quantitative estimate of drug-likeness (QED) is 0.917. The van der Waals surface area contributed by atoms with Crippen LogP contribution < -0.4 is 10.2 Å². The average Bonchev–Trinajstić information content (AvgIpc) is 2.67. The van der Waals surface area contributed by atoms with Crippen molar-refractivity contribution in [1.82, 2.24) is 15.3 Å². The molecule has 1 aliphatic rings. The van der Waals surface area contributed by atoms with Gasteiger partial charge in [-0.15, -0.1) is 0 Å². The zero-order chi connectivity index (χ0) is 16.8. The lowest BCUT2D eigenvalue weighted by Crippen LogP contribution is -2.40. The van der Waals surface area contributed by atoms with Gasteiger partial charge in [0.05, 0.1) is 11.6 Å². The normalized spacial score (nSPS) is 18.8. The summed E-state index contributed by atoms with van der Waals surface area (Å²) in [5, 5.41) is 12.6. The van der Waals surface area contributed by atoms with E-state index in [0.29, 0.717) is 11.5 Å². The van der Waals surface area contributed by atoms with E-state index in [9.17, 15) is 0 Å². The summed E-state index contributed by atoms with van der Waals surface area (Å²) in [5.74, 6) is 1.42. The third-order valence-electron chi connectivity index (χ3n) is 4.58. The van der Waals surface area contributed by atoms with Crippen LogP contribution in [0.5, 0.6) is 0 Å². The molecule has 2 atom stereocenters. The van der Waals surface area contributed by atoms with Gasteiger partial charge in [0.2, 0.25) is 5.95 Å². The van der Waals surface area contributed by atoms with Crippen LogP contribution in [0.2, 0.25) is 0 Å². The highest BCUT2D eigenvalue weighted by molar-refractivity contribution is 5.34. The molecule has 5 nitrogen and oxygen atoms in total. The van der Waals surface area contributed by atoms with Gasteiger partial charge in [-0.3, -0.25) is 0 Å². The largest absolute Gasteiger partial charge is 0.341 e. The summed E-state index contributed by atoms with van der Waals surface area (Å²) in [6, 6.07) is 12.1. The summed E-state index contributed by atoms with van der Waals surface area (Å²) in [4.78, 5) is 11.0. The summed E-state index contributed by atoms with van der Waals surface area (Å²) in [6.07, 6.45) is 5.99. The van der Waals surface area contributed by atoms with Gasteiger partial charge >= 0.3 is 0 Å². The Bertz CT molecular complexity index is 694. The van der Waals surface area contributed by atoms with Gasteiger partial charge in [0.15, 0.2) is 0 Å². The molecule has 1 fully saturated rings. The van der Waals surface area contributed by atoms with E-state index in [2.05, 4.69) is 39.2 Å². The Morgan fingerprint density at radius 2 is 2.17 bits per heavy atom. The fraction of sp³-hybridized carbons (Fsp3) is 0.421. The Hall–Kier alpha value is -2.45. The van der Waals surface area contributed by atoms with E-state index in [4.69, 9.17) is 5.26 Å². The third-order valence-corrected chi connectivity index (χ3v) is 4.58. The Morgan fingerprint density at radius 1 is 1.33 bits per heavy atom. The second kappa shape index (κ2) is 7.89. The molecule has 0 amide bonds. The van der Waals surface area contributed by atoms with Crippen LogP contribution in [0.3, 0.4) is 0 Å². The summed E-state index contributed by atoms with van der Waals surface area (Å²) < 4.78 is 0. The van der Waals surface area contributed by atoms with Crippen LogP contribution in [0.25, 0.3) is 0 Å². The second-order valence-corrected chi connectivity index (χ2v) is 6.37. The van der Waals surface area contributed by atoms with Gasteiger partial charge in [0.25, 0.3) is 0 Å². The lowest BCUT2D eigenvalue weighted by molar-refractivity contribution is 0.373. The molecule has 1 aromatic carbocycles. The molecule has 0 saturated carbocycles. The fourth-order valence-corrected chi connectivity index (χ4v) is 3.21. The first-order chi connectivity index (χ1) is 11.8. The number of hydrogen-bond donors (Lipinski definition) is 1. The highest BCUT2D eigenvalue weighted by Crippen LogP contribution is 2.21. The number of piperidine rings is 1. The van der Waals surface area contributed by atoms with Gasteiger partial charge < -0.3 is 10.2 Å². The van der Waals surface area contributed by atoms with Crippen molar-refractivity contribution in [1.29, 1.82) is 5.26 Å². The molecule has 1 aromatic heterocycles. The minimum Gasteiger partial charge on any atom is -0.341 e. The molecule has 2 heterocycles. The molecule has 0 aliphatic carbocycles. The van der Waals surface area contributed by atoms with Crippen LogP contribution in [-0.2, 0) is 0 Å². The maximum Gasteiger partial charge on any atom is 0.225 e. The first-order valence-electron chi connectivity index (χ1n) is 8.51. The molecular weight excluding hydrogens is 298 g/mol. The molecule has 5 heteroatoms. The number of aromatic nitrogens is 2. The van der Waals surface area contributed by atoms with Crippen molar-refractivity contribution in [3.05, 3.63) is 53.9 Å². The smallest absolute Gasteiger partial charge is 0.225 e. The maximum atomic E-state index is 9.03. The van der Waals surface area contributed by atoms with Crippen LogP contribution in [-0.4, -0.2) is 29.6 Å². The van der Waals surface area contributed by atoms with E-state index in [1.54, 1.807) is 12.4 Å². The lowest BCUT2D eigenvalue weighted by atomic mass is 9.97. The van der Waals surface area contributed by atoms with E-state index < -0.39 is 0 Å². The lowest BCUT2D eigenvalue weighted by Gasteiger charge is -2.33. The average molecular weight is 321 g/mol. The fourth-order valence-electron chi connectivity index (χ4n) is 3.21. The zero-order valence-electron chi connectivity index (χ0n) is 14.0. The maximum absolute atomic E-state index is 9.03. The molecule has 0 spiro atoms. The number of rotatable bonds is 5. The van der Waals surface area contributed by atoms with Crippen molar-refractivity contribution >= 4 is 5.95 Å². The van der Waals surface area contributed by atoms with E-state index in [1.165, 1.54) is 12.8 Å². The number of nitriles is 1. The monoisotopic (exact) mass is 321 g/mol. The van der Waals surface area contributed by atoms with E-state index in [0.717, 1.165) is 31.1 Å². The summed E-state index contributed by atoms with van der Waals surface area (Å²) >= 11 is 0. The highest BCUT2D eigenvalue weighted by Gasteiger charge is 2.22. The van der Waals surface area contributed by atoms with Crippen LogP contribution in [0.1, 0.15) is 36.9 Å². The van der Waals surface area contributed by atoms with Gasteiger partial charge in [-0.05, 0) is 49.4 Å². The Morgan fingerprint density at radius 3 is 2.96 bits per heavy atom. The van der Waals surface area contributed by atoms with Crippen molar-refractivity contribution < 1.29 is 0 Å². The Labute approximate surface area is 143 Å². The van der Waals surface area contributed by atoms with Crippen molar-refractivity contribution in [3.63, 3.8) is 0 Å². The molecule has 1 aliphatic heterocycles. The second-order valence-electron chi connectivity index (χ2n) is 6.37. The zero-order valence-corrected chi connectivity index (χ0v) is 14.0. The predicted octanol–water partition coefficient (Wildman–Crippen LogP) is 2.92. The number of nitrogens with one attached hydrogen (secondary N) is 1. The van der Waals surface area contributed by atoms with Crippen molar-refractivity contribution in [2.75, 3.05) is 24.5 Å². The first kappa shape index (κ1) is 16.4. The van der Waals surface area contributed by atoms with Gasteiger partial charge in [0, 0.05) is 38.1 Å². The molecule has 124 valence electrons. The molecular formula is C19H23N5. The molecule has 2 aromatic rings. The SMILES string of the molecule is C[C@H](NC[C@H]1CCCN(c2ncccn2)C1)c1cccc(C#N)c1. The minimum absolute atomic E-state index is 0.238. The van der Waals surface area contributed by atoms with E-state index in [1.807, 2.05) is 24.3 Å². The number of anilines is 1. The molecule has 3 rings (SSSR count). The van der Waals surface area contributed by atoms with Crippen molar-refractivity contribution in [3.8, 4) is 6.07 Å². The molecule has 0 radical (unpaired) electrons. The highest BCUT2D eigenvalue weighted by atomic mass is 15.3. The van der Waals surface area contributed by atoms with Crippen LogP contribution in [0, 0.1) is 17.2 Å². The number of benzene rings is 1. The van der Waals surface area contributed by atoms with Gasteiger partial charge in [-0.1, -0.05) is 12.1 Å². The predicted molar refractivity (Wildman–Crippen MR) is 94.5 cm³/mol. The molecule has 1 N–H and O–H groups in total. The van der Waals surface area contributed by atoms with Crippen molar-refractivity contribution in [2.45, 2.75) is 25.8 Å². The standard InChI is InChI=1S/C19H23N5/c1-15(18-7-2-5-16(11-18)12-20)23-13-17-6-3-10-24(14-17)19-21-8-4-9-22-19/h2,4-5,7-9,11,15,17,23H,3,6,10,13-14H2,1H3/t15-,17+/m0/s1. The van der Waals surface area contributed by atoms with Crippen LogP contribution in [0.15, 0.2) is 42.7 Å². The van der Waals surface area contributed by atoms with E-state index >= 15 is 0 Å². The minimum atomic E-state index is 0.238. The van der Waals surface area contributed by atoms with E-state index in [-0.39, 0.29) is 6.04 Å². The summed E-state index contributed by atoms with van der Waals surface area (Å²) in [7, 11) is 0. The van der Waals surface area contributed by atoms with Crippen molar-refractivity contribution in [2.24, 2.45) is 5.92 Å². The Balaban J connectivity index is 1.55. The molecule has 0 bridgehead atoms. The Kier molecular flexibility index (Phi) is 5.39. The van der Waals surface area contributed by atoms with Gasteiger partial charge in [-0.2, -0.15) is 5.26 Å².